The second-order valence-corrected chi connectivity index (χ2v) is 7.72. The number of amides is 1. The van der Waals surface area contributed by atoms with Gasteiger partial charge < -0.3 is 9.47 Å². The maximum Gasteiger partial charge on any atom is 0.272 e. The Hall–Kier alpha value is -2.69. The zero-order valence-electron chi connectivity index (χ0n) is 16.0. The number of likely N-dealkylation sites (tertiary alicyclic amines) is 1. The molecule has 0 saturated carbocycles. The number of fused-ring (bicyclic) bond motifs is 1. The molecule has 1 amide bonds. The number of carbonyl (C=O) groups excluding carboxylic acids is 1. The van der Waals surface area contributed by atoms with Crippen LogP contribution in [0.2, 0.25) is 0 Å². The Balaban J connectivity index is 1.39. The molecule has 140 valence electrons. The number of carbonyl (C=O) groups is 1. The summed E-state index contributed by atoms with van der Waals surface area (Å²) in [6.45, 7) is 6.94. The normalized spacial score (nSPS) is 15.6. The third-order valence-corrected chi connectivity index (χ3v) is 5.44. The maximum absolute atomic E-state index is 12.9. The van der Waals surface area contributed by atoms with Crippen molar-refractivity contribution in [2.75, 3.05) is 13.1 Å². The zero-order chi connectivity index (χ0) is 18.8. The van der Waals surface area contributed by atoms with Gasteiger partial charge in [-0.3, -0.25) is 4.79 Å². The van der Waals surface area contributed by atoms with Crippen LogP contribution in [-0.4, -0.2) is 38.4 Å². The molecule has 1 aliphatic rings. The number of hydrogen-bond acceptors (Lipinski definition) is 3. The highest BCUT2D eigenvalue weighted by Gasteiger charge is 2.25. The average Bonchev–Trinajstić information content (AvgIpc) is 3.16. The first-order valence-electron chi connectivity index (χ1n) is 9.78. The number of hydrogen-bond donors (Lipinski definition) is 0. The van der Waals surface area contributed by atoms with Crippen LogP contribution in [0.1, 0.15) is 48.9 Å². The molecular formula is C22H26N4O. The van der Waals surface area contributed by atoms with Crippen molar-refractivity contribution in [3.05, 3.63) is 60.3 Å². The van der Waals surface area contributed by atoms with Crippen LogP contribution in [0, 0.1) is 5.92 Å². The van der Waals surface area contributed by atoms with Gasteiger partial charge in [0.05, 0.1) is 5.52 Å². The largest absolute Gasteiger partial charge is 0.337 e. The lowest BCUT2D eigenvalue weighted by atomic mass is 9.96. The molecule has 5 nitrogen and oxygen atoms in total. The van der Waals surface area contributed by atoms with E-state index in [1.807, 2.05) is 47.5 Å². The minimum absolute atomic E-state index is 0.0460. The summed E-state index contributed by atoms with van der Waals surface area (Å²) in [5, 5.41) is 1.06. The molecule has 1 fully saturated rings. The molecule has 3 heterocycles. The average molecular weight is 362 g/mol. The fourth-order valence-electron chi connectivity index (χ4n) is 3.92. The topological polar surface area (TPSA) is 51.0 Å². The van der Waals surface area contributed by atoms with Gasteiger partial charge in [-0.15, -0.1) is 0 Å². The standard InChI is InChI=1S/C22H26N4O/c1-16(2)21-23-11-14-26(21)15-17-9-12-25(13-10-17)22(27)20-8-7-18-5-3-4-6-19(18)24-20/h3-8,11,14,16-17H,9-10,12-13,15H2,1-2H3. The van der Waals surface area contributed by atoms with E-state index in [0.717, 1.165) is 49.2 Å². The molecule has 1 aromatic carbocycles. The van der Waals surface area contributed by atoms with E-state index >= 15 is 0 Å². The molecule has 0 bridgehead atoms. The Morgan fingerprint density at radius 1 is 1.15 bits per heavy atom. The van der Waals surface area contributed by atoms with Crippen molar-refractivity contribution < 1.29 is 4.79 Å². The van der Waals surface area contributed by atoms with E-state index in [9.17, 15) is 4.79 Å². The number of nitrogens with zero attached hydrogens (tertiary/aromatic N) is 4. The second kappa shape index (κ2) is 7.51. The minimum atomic E-state index is 0.0460. The summed E-state index contributed by atoms with van der Waals surface area (Å²) in [6, 6.07) is 11.7. The Labute approximate surface area is 160 Å². The van der Waals surface area contributed by atoms with Gasteiger partial charge in [0.1, 0.15) is 11.5 Å². The molecule has 5 heteroatoms. The zero-order valence-corrected chi connectivity index (χ0v) is 16.0. The Bertz CT molecular complexity index is 938. The number of imidazole rings is 1. The molecule has 0 N–H and O–H groups in total. The predicted molar refractivity (Wildman–Crippen MR) is 107 cm³/mol. The van der Waals surface area contributed by atoms with E-state index in [1.165, 1.54) is 0 Å². The van der Waals surface area contributed by atoms with Gasteiger partial charge in [0, 0.05) is 43.3 Å². The van der Waals surface area contributed by atoms with Gasteiger partial charge in [-0.1, -0.05) is 38.1 Å². The lowest BCUT2D eigenvalue weighted by molar-refractivity contribution is 0.0677. The van der Waals surface area contributed by atoms with Crippen molar-refractivity contribution in [3.63, 3.8) is 0 Å². The fourth-order valence-corrected chi connectivity index (χ4v) is 3.92. The molecule has 0 atom stereocenters. The van der Waals surface area contributed by atoms with Crippen LogP contribution in [-0.2, 0) is 6.54 Å². The number of aromatic nitrogens is 3. The monoisotopic (exact) mass is 362 g/mol. The van der Waals surface area contributed by atoms with Crippen LogP contribution in [0.4, 0.5) is 0 Å². The highest BCUT2D eigenvalue weighted by molar-refractivity contribution is 5.94. The summed E-state index contributed by atoms with van der Waals surface area (Å²) in [5.41, 5.74) is 1.42. The smallest absolute Gasteiger partial charge is 0.272 e. The number of piperidine rings is 1. The number of benzene rings is 1. The Morgan fingerprint density at radius 3 is 2.70 bits per heavy atom. The van der Waals surface area contributed by atoms with E-state index in [4.69, 9.17) is 0 Å². The highest BCUT2D eigenvalue weighted by atomic mass is 16.2. The van der Waals surface area contributed by atoms with Gasteiger partial charge >= 0.3 is 0 Å². The molecule has 1 saturated heterocycles. The summed E-state index contributed by atoms with van der Waals surface area (Å²) >= 11 is 0. The van der Waals surface area contributed by atoms with Gasteiger partial charge in [0.25, 0.3) is 5.91 Å². The lowest BCUT2D eigenvalue weighted by Crippen LogP contribution is -2.39. The molecule has 0 unspecified atom stereocenters. The maximum atomic E-state index is 12.9. The second-order valence-electron chi connectivity index (χ2n) is 7.72. The first-order valence-corrected chi connectivity index (χ1v) is 9.78. The lowest BCUT2D eigenvalue weighted by Gasteiger charge is -2.32. The van der Waals surface area contributed by atoms with E-state index in [2.05, 4.69) is 34.6 Å². The summed E-state index contributed by atoms with van der Waals surface area (Å²) in [6.07, 6.45) is 6.01. The summed E-state index contributed by atoms with van der Waals surface area (Å²) in [4.78, 5) is 23.8. The SMILES string of the molecule is CC(C)c1nccn1CC1CCN(C(=O)c2ccc3ccccc3n2)CC1. The molecule has 3 aromatic rings. The van der Waals surface area contributed by atoms with Crippen LogP contribution in [0.5, 0.6) is 0 Å². The van der Waals surface area contributed by atoms with Crippen LogP contribution < -0.4 is 0 Å². The number of para-hydroxylation sites is 1. The van der Waals surface area contributed by atoms with Crippen molar-refractivity contribution in [3.8, 4) is 0 Å². The molecular weight excluding hydrogens is 336 g/mol. The van der Waals surface area contributed by atoms with E-state index in [1.54, 1.807) is 0 Å². The van der Waals surface area contributed by atoms with Gasteiger partial charge in [-0.05, 0) is 30.9 Å². The van der Waals surface area contributed by atoms with Crippen LogP contribution in [0.15, 0.2) is 48.8 Å². The highest BCUT2D eigenvalue weighted by Crippen LogP contribution is 2.23. The molecule has 0 spiro atoms. The van der Waals surface area contributed by atoms with E-state index in [-0.39, 0.29) is 5.91 Å². The van der Waals surface area contributed by atoms with Crippen molar-refractivity contribution >= 4 is 16.8 Å². The Kier molecular flexibility index (Phi) is 4.92. The molecule has 4 rings (SSSR count). The minimum Gasteiger partial charge on any atom is -0.337 e. The van der Waals surface area contributed by atoms with Crippen molar-refractivity contribution in [1.82, 2.24) is 19.4 Å². The van der Waals surface area contributed by atoms with Gasteiger partial charge in [0.2, 0.25) is 0 Å². The van der Waals surface area contributed by atoms with Crippen molar-refractivity contribution in [2.24, 2.45) is 5.92 Å². The molecule has 0 radical (unpaired) electrons. The Morgan fingerprint density at radius 2 is 1.93 bits per heavy atom. The van der Waals surface area contributed by atoms with Crippen LogP contribution in [0.25, 0.3) is 10.9 Å². The molecule has 2 aromatic heterocycles. The van der Waals surface area contributed by atoms with E-state index < -0.39 is 0 Å². The first-order chi connectivity index (χ1) is 13.1. The quantitative estimate of drug-likeness (QED) is 0.702. The summed E-state index contributed by atoms with van der Waals surface area (Å²) < 4.78 is 2.28. The van der Waals surface area contributed by atoms with Crippen LogP contribution in [0.3, 0.4) is 0 Å². The number of pyridine rings is 1. The third-order valence-electron chi connectivity index (χ3n) is 5.44. The fraction of sp³-hybridized carbons (Fsp3) is 0.409. The van der Waals surface area contributed by atoms with Crippen LogP contribution >= 0.6 is 0 Å². The number of rotatable bonds is 4. The van der Waals surface area contributed by atoms with Gasteiger partial charge in [0.15, 0.2) is 0 Å². The van der Waals surface area contributed by atoms with E-state index in [0.29, 0.717) is 17.5 Å². The molecule has 27 heavy (non-hydrogen) atoms. The summed E-state index contributed by atoms with van der Waals surface area (Å²) in [5.74, 6) is 2.21. The van der Waals surface area contributed by atoms with Crippen molar-refractivity contribution in [2.45, 2.75) is 39.2 Å². The predicted octanol–water partition coefficient (Wildman–Crippen LogP) is 4.11. The molecule has 1 aliphatic heterocycles. The van der Waals surface area contributed by atoms with Gasteiger partial charge in [-0.25, -0.2) is 9.97 Å². The third kappa shape index (κ3) is 3.72. The summed E-state index contributed by atoms with van der Waals surface area (Å²) in [7, 11) is 0. The molecule has 0 aliphatic carbocycles. The first kappa shape index (κ1) is 17.7. The van der Waals surface area contributed by atoms with Gasteiger partial charge in [-0.2, -0.15) is 0 Å². The van der Waals surface area contributed by atoms with Crippen molar-refractivity contribution in [1.29, 1.82) is 0 Å².